The summed E-state index contributed by atoms with van der Waals surface area (Å²) in [6.45, 7) is 2.53. The van der Waals surface area contributed by atoms with Crippen molar-refractivity contribution in [2.24, 2.45) is 0 Å². The van der Waals surface area contributed by atoms with Crippen LogP contribution in [0.4, 0.5) is 0 Å². The molecule has 0 spiro atoms. The van der Waals surface area contributed by atoms with Gasteiger partial charge >= 0.3 is 0 Å². The Balaban J connectivity index is 0. The fraction of sp³-hybridized carbons (Fsp3) is 0.750. The molecule has 0 fully saturated rings. The number of nitrogens with one attached hydrogen (secondary N) is 1. The van der Waals surface area contributed by atoms with Crippen LogP contribution in [0.15, 0.2) is 0 Å². The van der Waals surface area contributed by atoms with Gasteiger partial charge in [0.05, 0.1) is 6.61 Å². The van der Waals surface area contributed by atoms with Crippen molar-refractivity contribution in [1.29, 1.82) is 0 Å². The minimum absolute atomic E-state index is 0. The van der Waals surface area contributed by atoms with Crippen LogP contribution in [-0.4, -0.2) is 18.8 Å². The Morgan fingerprint density at radius 2 is 2.25 bits per heavy atom. The average molecular weight is 183 g/mol. The Hall–Kier alpha value is 0.209. The summed E-state index contributed by atoms with van der Waals surface area (Å²) in [6, 6.07) is 0. The maximum atomic E-state index is 4.81. The van der Waals surface area contributed by atoms with Gasteiger partial charge in [-0.2, -0.15) is 0 Å². The van der Waals surface area contributed by atoms with E-state index in [-0.39, 0.29) is 17.1 Å². The van der Waals surface area contributed by atoms with Crippen LogP contribution >= 0.6 is 12.2 Å². The van der Waals surface area contributed by atoms with E-state index in [4.69, 9.17) is 4.74 Å². The van der Waals surface area contributed by atoms with Crippen LogP contribution in [-0.2, 0) is 21.8 Å². The van der Waals surface area contributed by atoms with E-state index in [2.05, 4.69) is 17.5 Å². The van der Waals surface area contributed by atoms with Gasteiger partial charge in [-0.15, -0.1) is 0 Å². The summed E-state index contributed by atoms with van der Waals surface area (Å²) in [7, 11) is 1.73. The molecule has 0 atom stereocenters. The first-order chi connectivity index (χ1) is 3.31. The van der Waals surface area contributed by atoms with Crippen LogP contribution in [0.25, 0.3) is 0 Å². The van der Waals surface area contributed by atoms with Crippen molar-refractivity contribution < 1.29 is 21.8 Å². The number of hydrogen-bond acceptors (Lipinski definition) is 2. The smallest absolute Gasteiger partial charge is 0.256 e. The van der Waals surface area contributed by atoms with Crippen molar-refractivity contribution >= 4 is 17.4 Å². The fourth-order valence-electron chi connectivity index (χ4n) is 0.203. The summed E-state index contributed by atoms with van der Waals surface area (Å²) in [5.41, 5.74) is 0. The molecule has 0 aromatic carbocycles. The molecule has 1 radical (unpaired) electrons. The first kappa shape index (κ1) is 11.1. The topological polar surface area (TPSA) is 21.3 Å². The summed E-state index contributed by atoms with van der Waals surface area (Å²) in [6.07, 6.45) is 0. The molecule has 0 amide bonds. The zero-order valence-electron chi connectivity index (χ0n) is 4.83. The minimum Gasteiger partial charge on any atom is -0.471 e. The van der Waals surface area contributed by atoms with Crippen molar-refractivity contribution in [2.75, 3.05) is 13.7 Å². The van der Waals surface area contributed by atoms with Crippen LogP contribution < -0.4 is 5.32 Å². The van der Waals surface area contributed by atoms with Crippen molar-refractivity contribution in [1.82, 2.24) is 5.32 Å². The molecule has 0 aliphatic rings. The van der Waals surface area contributed by atoms with Crippen molar-refractivity contribution in [3.05, 3.63) is 0 Å². The summed E-state index contributed by atoms with van der Waals surface area (Å²) in [5, 5.41) is 3.14. The summed E-state index contributed by atoms with van der Waals surface area (Å²) >= 11 is 4.62. The molecule has 0 bridgehead atoms. The van der Waals surface area contributed by atoms with Gasteiger partial charge in [-0.05, 0) is 19.1 Å². The van der Waals surface area contributed by atoms with E-state index in [1.165, 1.54) is 0 Å². The normalized spacial score (nSPS) is 6.75. The van der Waals surface area contributed by atoms with E-state index in [1.807, 2.05) is 6.92 Å². The van der Waals surface area contributed by atoms with E-state index in [0.29, 0.717) is 11.8 Å². The van der Waals surface area contributed by atoms with E-state index in [0.717, 1.165) is 0 Å². The molecule has 53 valence electrons. The molecule has 0 aliphatic carbocycles. The van der Waals surface area contributed by atoms with E-state index >= 15 is 0 Å². The summed E-state index contributed by atoms with van der Waals surface area (Å²) in [5.74, 6) is 0. The van der Waals surface area contributed by atoms with Crippen molar-refractivity contribution in [2.45, 2.75) is 6.92 Å². The van der Waals surface area contributed by atoms with Crippen molar-refractivity contribution in [3.63, 3.8) is 0 Å². The van der Waals surface area contributed by atoms with Gasteiger partial charge in [-0.25, -0.2) is 0 Å². The molecule has 0 heterocycles. The van der Waals surface area contributed by atoms with Crippen LogP contribution in [0.3, 0.4) is 0 Å². The van der Waals surface area contributed by atoms with Gasteiger partial charge in [-0.1, -0.05) is 0 Å². The van der Waals surface area contributed by atoms with Crippen LogP contribution in [0.5, 0.6) is 0 Å². The molecule has 0 saturated heterocycles. The van der Waals surface area contributed by atoms with Crippen molar-refractivity contribution in [3.8, 4) is 0 Å². The van der Waals surface area contributed by atoms with Crippen LogP contribution in [0, 0.1) is 0 Å². The molecule has 4 heteroatoms. The first-order valence-corrected chi connectivity index (χ1v) is 2.56. The predicted octanol–water partition coefficient (Wildman–Crippen LogP) is 0.525. The van der Waals surface area contributed by atoms with Gasteiger partial charge in [-0.3, -0.25) is 0 Å². The number of ether oxygens (including phenoxy) is 1. The SMILES string of the molecule is CCOC(=S)NC.[Cu]. The number of thiocarbonyl (C=S) groups is 1. The Morgan fingerprint density at radius 3 is 2.38 bits per heavy atom. The van der Waals surface area contributed by atoms with Gasteiger partial charge in [0.25, 0.3) is 5.17 Å². The molecule has 1 N–H and O–H groups in total. The minimum atomic E-state index is 0. The van der Waals surface area contributed by atoms with Gasteiger partial charge in [0, 0.05) is 24.1 Å². The standard InChI is InChI=1S/C4H9NOS.Cu/c1-3-6-4(7)5-2;/h3H2,1-2H3,(H,5,7);. The summed E-state index contributed by atoms with van der Waals surface area (Å²) in [4.78, 5) is 0. The molecule has 0 saturated carbocycles. The van der Waals surface area contributed by atoms with E-state index < -0.39 is 0 Å². The monoisotopic (exact) mass is 182 g/mol. The van der Waals surface area contributed by atoms with Gasteiger partial charge in [0.2, 0.25) is 0 Å². The third-order valence-corrected chi connectivity index (χ3v) is 0.802. The molecule has 2 nitrogen and oxygen atoms in total. The second-order valence-electron chi connectivity index (χ2n) is 0.970. The van der Waals surface area contributed by atoms with Crippen LogP contribution in [0.2, 0.25) is 0 Å². The molecule has 0 rings (SSSR count). The zero-order valence-corrected chi connectivity index (χ0v) is 6.58. The molecule has 0 aromatic rings. The number of rotatable bonds is 1. The summed E-state index contributed by atoms with van der Waals surface area (Å²) < 4.78 is 4.81. The number of hydrogen-bond donors (Lipinski definition) is 1. The first-order valence-electron chi connectivity index (χ1n) is 2.15. The van der Waals surface area contributed by atoms with Crippen LogP contribution in [0.1, 0.15) is 6.92 Å². The molecule has 0 unspecified atom stereocenters. The fourth-order valence-corrected chi connectivity index (χ4v) is 0.321. The molecule has 0 aromatic heterocycles. The zero-order chi connectivity index (χ0) is 5.70. The van der Waals surface area contributed by atoms with E-state index in [9.17, 15) is 0 Å². The Labute approximate surface area is 65.5 Å². The second-order valence-corrected chi connectivity index (χ2v) is 1.34. The average Bonchev–Trinajstić information content (AvgIpc) is 1.68. The molecular weight excluding hydrogens is 174 g/mol. The predicted molar refractivity (Wildman–Crippen MR) is 33.3 cm³/mol. The Kier molecular flexibility index (Phi) is 9.97. The second kappa shape index (κ2) is 7.21. The molecule has 0 aliphatic heterocycles. The van der Waals surface area contributed by atoms with Gasteiger partial charge < -0.3 is 10.1 Å². The van der Waals surface area contributed by atoms with Gasteiger partial charge in [0.1, 0.15) is 0 Å². The maximum Gasteiger partial charge on any atom is 0.256 e. The molecule has 8 heavy (non-hydrogen) atoms. The third-order valence-electron chi connectivity index (χ3n) is 0.480. The van der Waals surface area contributed by atoms with Gasteiger partial charge in [0.15, 0.2) is 0 Å². The quantitative estimate of drug-likeness (QED) is 0.472. The third kappa shape index (κ3) is 6.21. The Morgan fingerprint density at radius 1 is 1.75 bits per heavy atom. The van der Waals surface area contributed by atoms with E-state index in [1.54, 1.807) is 7.05 Å². The largest absolute Gasteiger partial charge is 0.471 e. The Bertz CT molecular complexity index is 69.1. The molecular formula is C4H9CuNOS. The maximum absolute atomic E-state index is 4.81.